The van der Waals surface area contributed by atoms with Crippen LogP contribution in [-0.2, 0) is 9.59 Å². The predicted octanol–water partition coefficient (Wildman–Crippen LogP) is 2.22. The molecule has 0 aromatic heterocycles. The van der Waals surface area contributed by atoms with Crippen molar-refractivity contribution < 1.29 is 19.5 Å². The van der Waals surface area contributed by atoms with Gasteiger partial charge in [-0.05, 0) is 42.5 Å². The lowest BCUT2D eigenvalue weighted by Gasteiger charge is -2.21. The van der Waals surface area contributed by atoms with E-state index in [1.54, 1.807) is 12.1 Å². The second-order valence-electron chi connectivity index (χ2n) is 4.83. The van der Waals surface area contributed by atoms with Crippen LogP contribution in [0.25, 0.3) is 0 Å². The quantitative estimate of drug-likeness (QED) is 0.547. The van der Waals surface area contributed by atoms with E-state index >= 15 is 0 Å². The highest BCUT2D eigenvalue weighted by Gasteiger charge is 2.21. The van der Waals surface area contributed by atoms with E-state index in [1.807, 2.05) is 0 Å². The lowest BCUT2D eigenvalue weighted by Crippen LogP contribution is -2.35. The summed E-state index contributed by atoms with van der Waals surface area (Å²) < 4.78 is 0. The van der Waals surface area contributed by atoms with Gasteiger partial charge in [0.1, 0.15) is 6.54 Å². The molecule has 0 saturated heterocycles. The summed E-state index contributed by atoms with van der Waals surface area (Å²) in [5.74, 6) is -1.70. The molecule has 0 saturated carbocycles. The van der Waals surface area contributed by atoms with E-state index in [2.05, 4.69) is 5.32 Å². The van der Waals surface area contributed by atoms with Gasteiger partial charge in [-0.25, -0.2) is 0 Å². The lowest BCUT2D eigenvalue weighted by atomic mass is 10.1. The number of nitrogens with one attached hydrogen (secondary N) is 1. The van der Waals surface area contributed by atoms with Crippen LogP contribution in [0.5, 0.6) is 0 Å². The molecule has 0 aliphatic rings. The summed E-state index contributed by atoms with van der Waals surface area (Å²) in [6, 6.07) is 10.5. The summed E-state index contributed by atoms with van der Waals surface area (Å²) in [6.45, 7) is -0.526. The monoisotopic (exact) mass is 347 g/mol. The SMILES string of the molecule is Nc1cc(C(=O)N(CC(=O)O)c2ccc(NC=O)cc2)ccc1Cl. The molecule has 0 spiro atoms. The number of benzene rings is 2. The van der Waals surface area contributed by atoms with Crippen molar-refractivity contribution in [1.82, 2.24) is 0 Å². The van der Waals surface area contributed by atoms with Crippen LogP contribution in [0.15, 0.2) is 42.5 Å². The van der Waals surface area contributed by atoms with Gasteiger partial charge in [-0.2, -0.15) is 0 Å². The molecule has 0 radical (unpaired) electrons. The molecule has 0 heterocycles. The minimum atomic E-state index is -1.17. The topological polar surface area (TPSA) is 113 Å². The predicted molar refractivity (Wildman–Crippen MR) is 91.3 cm³/mol. The van der Waals surface area contributed by atoms with Gasteiger partial charge < -0.3 is 16.2 Å². The highest BCUT2D eigenvalue weighted by Crippen LogP contribution is 2.23. The number of halogens is 1. The third-order valence-corrected chi connectivity index (χ3v) is 3.53. The zero-order valence-corrected chi connectivity index (χ0v) is 13.2. The number of nitrogen functional groups attached to an aromatic ring is 1. The third-order valence-electron chi connectivity index (χ3n) is 3.19. The number of carboxylic acids is 1. The van der Waals surface area contributed by atoms with Crippen molar-refractivity contribution in [2.24, 2.45) is 0 Å². The minimum absolute atomic E-state index is 0.216. The van der Waals surface area contributed by atoms with Gasteiger partial charge >= 0.3 is 5.97 Å². The summed E-state index contributed by atoms with van der Waals surface area (Å²) in [7, 11) is 0. The molecule has 0 aliphatic carbocycles. The summed E-state index contributed by atoms with van der Waals surface area (Å²) in [5, 5.41) is 11.8. The van der Waals surface area contributed by atoms with Crippen LogP contribution in [0.4, 0.5) is 17.1 Å². The molecule has 24 heavy (non-hydrogen) atoms. The molecule has 0 atom stereocenters. The first kappa shape index (κ1) is 17.3. The van der Waals surface area contributed by atoms with Gasteiger partial charge in [0, 0.05) is 16.9 Å². The molecule has 0 fully saturated rings. The van der Waals surface area contributed by atoms with Crippen LogP contribution in [0, 0.1) is 0 Å². The van der Waals surface area contributed by atoms with Gasteiger partial charge in [-0.3, -0.25) is 19.3 Å². The van der Waals surface area contributed by atoms with Gasteiger partial charge in [0.15, 0.2) is 0 Å². The van der Waals surface area contributed by atoms with Gasteiger partial charge in [-0.15, -0.1) is 0 Å². The maximum absolute atomic E-state index is 12.6. The van der Waals surface area contributed by atoms with Gasteiger partial charge in [0.2, 0.25) is 6.41 Å². The number of carboxylic acid groups (broad SMARTS) is 1. The molecule has 0 aliphatic heterocycles. The zero-order valence-electron chi connectivity index (χ0n) is 12.4. The molecule has 8 heteroatoms. The number of anilines is 3. The maximum atomic E-state index is 12.6. The fourth-order valence-electron chi connectivity index (χ4n) is 2.05. The molecule has 0 bridgehead atoms. The Kier molecular flexibility index (Phi) is 5.39. The number of nitrogens with two attached hydrogens (primary N) is 1. The summed E-state index contributed by atoms with van der Waals surface area (Å²) >= 11 is 5.83. The molecular weight excluding hydrogens is 334 g/mol. The largest absolute Gasteiger partial charge is 0.480 e. The van der Waals surface area contributed by atoms with Crippen LogP contribution in [-0.4, -0.2) is 29.9 Å². The molecule has 7 nitrogen and oxygen atoms in total. The number of hydrogen-bond acceptors (Lipinski definition) is 4. The molecule has 2 aromatic carbocycles. The van der Waals surface area contributed by atoms with Crippen LogP contribution < -0.4 is 16.0 Å². The summed E-state index contributed by atoms with van der Waals surface area (Å²) in [4.78, 5) is 35.3. The average Bonchev–Trinajstić information content (AvgIpc) is 2.55. The molecular formula is C16H14ClN3O4. The fourth-order valence-corrected chi connectivity index (χ4v) is 2.17. The van der Waals surface area contributed by atoms with Gasteiger partial charge in [-0.1, -0.05) is 11.6 Å². The number of carbonyl (C=O) groups is 3. The number of rotatable bonds is 6. The molecule has 2 rings (SSSR count). The second-order valence-corrected chi connectivity index (χ2v) is 5.24. The van der Waals surface area contributed by atoms with Crippen molar-refractivity contribution in [3.63, 3.8) is 0 Å². The Bertz CT molecular complexity index is 777. The lowest BCUT2D eigenvalue weighted by molar-refractivity contribution is -0.135. The number of carbonyl (C=O) groups excluding carboxylic acids is 2. The third kappa shape index (κ3) is 4.02. The van der Waals surface area contributed by atoms with E-state index in [0.717, 1.165) is 4.90 Å². The molecule has 2 amide bonds. The smallest absolute Gasteiger partial charge is 0.323 e. The maximum Gasteiger partial charge on any atom is 0.323 e. The first-order valence-electron chi connectivity index (χ1n) is 6.81. The standard InChI is InChI=1S/C16H14ClN3O4/c17-13-6-1-10(7-14(13)18)16(24)20(8-15(22)23)12-4-2-11(3-5-12)19-9-21/h1-7,9H,8,18H2,(H,19,21)(H,22,23). The Balaban J connectivity index is 2.36. The Hall–Kier alpha value is -3.06. The van der Waals surface area contributed by atoms with Crippen LogP contribution in [0.2, 0.25) is 5.02 Å². The van der Waals surface area contributed by atoms with E-state index in [4.69, 9.17) is 22.4 Å². The van der Waals surface area contributed by atoms with E-state index in [9.17, 15) is 14.4 Å². The van der Waals surface area contributed by atoms with Crippen molar-refractivity contribution in [3.8, 4) is 0 Å². The van der Waals surface area contributed by atoms with Gasteiger partial charge in [0.05, 0.1) is 10.7 Å². The van der Waals surface area contributed by atoms with Crippen molar-refractivity contribution in [1.29, 1.82) is 0 Å². The fraction of sp³-hybridized carbons (Fsp3) is 0.0625. The number of aliphatic carboxylic acids is 1. The highest BCUT2D eigenvalue weighted by atomic mass is 35.5. The van der Waals surface area contributed by atoms with Crippen LogP contribution in [0.1, 0.15) is 10.4 Å². The van der Waals surface area contributed by atoms with Crippen LogP contribution >= 0.6 is 11.6 Å². The number of nitrogens with zero attached hydrogens (tertiary/aromatic N) is 1. The van der Waals surface area contributed by atoms with Crippen molar-refractivity contribution in [2.75, 3.05) is 22.5 Å². The van der Waals surface area contributed by atoms with Crippen molar-refractivity contribution >= 4 is 46.9 Å². The van der Waals surface area contributed by atoms with Crippen molar-refractivity contribution in [3.05, 3.63) is 53.1 Å². The van der Waals surface area contributed by atoms with E-state index in [-0.39, 0.29) is 11.3 Å². The van der Waals surface area contributed by atoms with Crippen molar-refractivity contribution in [2.45, 2.75) is 0 Å². The normalized spacial score (nSPS) is 10.0. The Morgan fingerprint density at radius 2 is 1.88 bits per heavy atom. The first-order chi connectivity index (χ1) is 11.4. The Morgan fingerprint density at radius 1 is 1.21 bits per heavy atom. The highest BCUT2D eigenvalue weighted by molar-refractivity contribution is 6.33. The zero-order chi connectivity index (χ0) is 17.7. The Morgan fingerprint density at radius 3 is 2.42 bits per heavy atom. The van der Waals surface area contributed by atoms with E-state index in [1.165, 1.54) is 30.3 Å². The Labute approximate surface area is 142 Å². The van der Waals surface area contributed by atoms with Gasteiger partial charge in [0.25, 0.3) is 5.91 Å². The average molecular weight is 348 g/mol. The minimum Gasteiger partial charge on any atom is -0.480 e. The van der Waals surface area contributed by atoms with E-state index < -0.39 is 18.4 Å². The molecule has 124 valence electrons. The molecule has 0 unspecified atom stereocenters. The summed E-state index contributed by atoms with van der Waals surface area (Å²) in [6.07, 6.45) is 0.520. The number of hydrogen-bond donors (Lipinski definition) is 3. The molecule has 4 N–H and O–H groups in total. The summed E-state index contributed by atoms with van der Waals surface area (Å²) in [5.41, 5.74) is 7.02. The van der Waals surface area contributed by atoms with Crippen LogP contribution in [0.3, 0.4) is 0 Å². The first-order valence-corrected chi connectivity index (χ1v) is 7.19. The molecule has 2 aromatic rings. The number of amides is 2. The second kappa shape index (κ2) is 7.47. The van der Waals surface area contributed by atoms with E-state index in [0.29, 0.717) is 22.8 Å².